The minimum atomic E-state index is 0.0387. The average molecular weight is 180 g/mol. The molecule has 0 spiro atoms. The van der Waals surface area contributed by atoms with Crippen LogP contribution in [0.15, 0.2) is 4.99 Å². The summed E-state index contributed by atoms with van der Waals surface area (Å²) in [7, 11) is 0. The maximum atomic E-state index is 5.38. The van der Waals surface area contributed by atoms with Crippen molar-refractivity contribution in [2.75, 3.05) is 13.2 Å². The standard InChI is InChI=1S/C10H16N2O/c1-4-9(7-8(2)3)12-10-11-5-6-13-10/h1,8-9H,5-7H2,2-3H3,(H,11,12). The number of nitrogens with one attached hydrogen (secondary N) is 1. The van der Waals surface area contributed by atoms with Crippen molar-refractivity contribution in [3.8, 4) is 12.3 Å². The zero-order chi connectivity index (χ0) is 9.68. The number of nitrogens with zero attached hydrogens (tertiary/aromatic N) is 1. The molecule has 0 aromatic rings. The number of rotatable bonds is 3. The average Bonchev–Trinajstić information content (AvgIpc) is 2.55. The van der Waals surface area contributed by atoms with E-state index in [4.69, 9.17) is 11.2 Å². The van der Waals surface area contributed by atoms with Crippen LogP contribution < -0.4 is 5.32 Å². The lowest BCUT2D eigenvalue weighted by Gasteiger charge is -2.15. The van der Waals surface area contributed by atoms with E-state index in [1.54, 1.807) is 0 Å². The molecule has 0 fully saturated rings. The van der Waals surface area contributed by atoms with Gasteiger partial charge < -0.3 is 10.1 Å². The van der Waals surface area contributed by atoms with E-state index in [0.29, 0.717) is 18.5 Å². The molecular weight excluding hydrogens is 164 g/mol. The quantitative estimate of drug-likeness (QED) is 0.658. The Balaban J connectivity index is 2.36. The van der Waals surface area contributed by atoms with Gasteiger partial charge in [-0.25, -0.2) is 4.99 Å². The first-order valence-corrected chi connectivity index (χ1v) is 4.62. The van der Waals surface area contributed by atoms with E-state index < -0.39 is 0 Å². The number of aliphatic imine (C=N–C) groups is 1. The highest BCUT2D eigenvalue weighted by Gasteiger charge is 2.13. The van der Waals surface area contributed by atoms with Gasteiger partial charge >= 0.3 is 0 Å². The Morgan fingerprint density at radius 2 is 2.46 bits per heavy atom. The molecule has 0 saturated carbocycles. The van der Waals surface area contributed by atoms with Crippen LogP contribution in [0.1, 0.15) is 20.3 Å². The minimum Gasteiger partial charge on any atom is -0.463 e. The molecule has 3 nitrogen and oxygen atoms in total. The van der Waals surface area contributed by atoms with E-state index in [2.05, 4.69) is 30.1 Å². The Labute approximate surface area is 79.6 Å². The van der Waals surface area contributed by atoms with Crippen LogP contribution in [-0.4, -0.2) is 25.2 Å². The van der Waals surface area contributed by atoms with Crippen molar-refractivity contribution in [1.82, 2.24) is 5.32 Å². The SMILES string of the molecule is C#CC(CC(C)C)NC1=NCCO1. The summed E-state index contributed by atoms with van der Waals surface area (Å²) in [5.41, 5.74) is 0. The summed E-state index contributed by atoms with van der Waals surface area (Å²) >= 11 is 0. The van der Waals surface area contributed by atoms with Crippen LogP contribution in [0.2, 0.25) is 0 Å². The first-order valence-electron chi connectivity index (χ1n) is 4.62. The molecule has 0 bridgehead atoms. The van der Waals surface area contributed by atoms with Gasteiger partial charge in [-0.15, -0.1) is 6.42 Å². The monoisotopic (exact) mass is 180 g/mol. The Morgan fingerprint density at radius 3 is 2.92 bits per heavy atom. The molecule has 0 amide bonds. The van der Waals surface area contributed by atoms with Crippen molar-refractivity contribution in [3.63, 3.8) is 0 Å². The van der Waals surface area contributed by atoms with E-state index in [1.165, 1.54) is 0 Å². The number of ether oxygens (including phenoxy) is 1. The molecule has 0 aliphatic carbocycles. The number of hydrogen-bond donors (Lipinski definition) is 1. The molecule has 1 aliphatic rings. The molecule has 1 N–H and O–H groups in total. The maximum absolute atomic E-state index is 5.38. The predicted molar refractivity (Wildman–Crippen MR) is 53.5 cm³/mol. The molecule has 3 heteroatoms. The van der Waals surface area contributed by atoms with Crippen molar-refractivity contribution in [2.24, 2.45) is 10.9 Å². The molecule has 0 radical (unpaired) electrons. The second kappa shape index (κ2) is 4.76. The van der Waals surface area contributed by atoms with E-state index in [-0.39, 0.29) is 6.04 Å². The highest BCUT2D eigenvalue weighted by molar-refractivity contribution is 5.75. The summed E-state index contributed by atoms with van der Waals surface area (Å²) in [6.07, 6.45) is 6.32. The largest absolute Gasteiger partial charge is 0.463 e. The molecule has 1 unspecified atom stereocenters. The first kappa shape index (κ1) is 9.91. The van der Waals surface area contributed by atoms with E-state index >= 15 is 0 Å². The number of hydrogen-bond acceptors (Lipinski definition) is 3. The van der Waals surface area contributed by atoms with Gasteiger partial charge in [0.15, 0.2) is 0 Å². The van der Waals surface area contributed by atoms with Gasteiger partial charge in [-0.1, -0.05) is 19.8 Å². The first-order chi connectivity index (χ1) is 6.22. The van der Waals surface area contributed by atoms with Gasteiger partial charge in [-0.05, 0) is 12.3 Å². The highest BCUT2D eigenvalue weighted by atomic mass is 16.5. The molecule has 0 aromatic carbocycles. The second-order valence-corrected chi connectivity index (χ2v) is 3.53. The third-order valence-corrected chi connectivity index (χ3v) is 1.79. The molecule has 0 saturated heterocycles. The van der Waals surface area contributed by atoms with Crippen LogP contribution in [0, 0.1) is 18.3 Å². The number of terminal acetylenes is 1. The van der Waals surface area contributed by atoms with Crippen LogP contribution in [0.3, 0.4) is 0 Å². The van der Waals surface area contributed by atoms with Gasteiger partial charge in [-0.3, -0.25) is 0 Å². The van der Waals surface area contributed by atoms with Crippen molar-refractivity contribution < 1.29 is 4.74 Å². The van der Waals surface area contributed by atoms with E-state index in [1.807, 2.05) is 0 Å². The summed E-state index contributed by atoms with van der Waals surface area (Å²) in [6.45, 7) is 5.69. The van der Waals surface area contributed by atoms with Crippen molar-refractivity contribution >= 4 is 6.02 Å². The molecule has 72 valence electrons. The lowest BCUT2D eigenvalue weighted by Crippen LogP contribution is -2.34. The fourth-order valence-corrected chi connectivity index (χ4v) is 1.21. The van der Waals surface area contributed by atoms with Gasteiger partial charge in [0.2, 0.25) is 0 Å². The summed E-state index contributed by atoms with van der Waals surface area (Å²) in [5, 5.41) is 3.09. The third kappa shape index (κ3) is 3.37. The van der Waals surface area contributed by atoms with Crippen LogP contribution in [0.25, 0.3) is 0 Å². The topological polar surface area (TPSA) is 33.6 Å². The lowest BCUT2D eigenvalue weighted by atomic mass is 10.0. The molecule has 1 heterocycles. The van der Waals surface area contributed by atoms with E-state index in [9.17, 15) is 0 Å². The number of amidine groups is 1. The second-order valence-electron chi connectivity index (χ2n) is 3.53. The zero-order valence-electron chi connectivity index (χ0n) is 8.21. The molecular formula is C10H16N2O. The molecule has 13 heavy (non-hydrogen) atoms. The van der Waals surface area contributed by atoms with Gasteiger partial charge in [-0.2, -0.15) is 0 Å². The lowest BCUT2D eigenvalue weighted by molar-refractivity contribution is 0.326. The summed E-state index contributed by atoms with van der Waals surface area (Å²) in [4.78, 5) is 4.12. The Kier molecular flexibility index (Phi) is 3.63. The summed E-state index contributed by atoms with van der Waals surface area (Å²) in [6, 6.07) is 0.639. The zero-order valence-corrected chi connectivity index (χ0v) is 8.21. The van der Waals surface area contributed by atoms with Crippen molar-refractivity contribution in [1.29, 1.82) is 0 Å². The molecule has 1 atom stereocenters. The van der Waals surface area contributed by atoms with Gasteiger partial charge in [0.05, 0.1) is 12.6 Å². The van der Waals surface area contributed by atoms with Crippen LogP contribution in [-0.2, 0) is 4.74 Å². The fourth-order valence-electron chi connectivity index (χ4n) is 1.21. The van der Waals surface area contributed by atoms with Crippen LogP contribution >= 0.6 is 0 Å². The van der Waals surface area contributed by atoms with Crippen molar-refractivity contribution in [2.45, 2.75) is 26.3 Å². The Morgan fingerprint density at radius 1 is 1.69 bits per heavy atom. The van der Waals surface area contributed by atoms with Crippen LogP contribution in [0.5, 0.6) is 0 Å². The summed E-state index contributed by atoms with van der Waals surface area (Å²) < 4.78 is 5.21. The predicted octanol–water partition coefficient (Wildman–Crippen LogP) is 1.01. The van der Waals surface area contributed by atoms with Crippen molar-refractivity contribution in [3.05, 3.63) is 0 Å². The van der Waals surface area contributed by atoms with Crippen LogP contribution in [0.4, 0.5) is 0 Å². The highest BCUT2D eigenvalue weighted by Crippen LogP contribution is 2.04. The summed E-state index contributed by atoms with van der Waals surface area (Å²) in [5.74, 6) is 3.27. The minimum absolute atomic E-state index is 0.0387. The third-order valence-electron chi connectivity index (χ3n) is 1.79. The van der Waals surface area contributed by atoms with Gasteiger partial charge in [0.25, 0.3) is 6.02 Å². The molecule has 0 aromatic heterocycles. The Bertz CT molecular complexity index is 228. The fraction of sp³-hybridized carbons (Fsp3) is 0.700. The van der Waals surface area contributed by atoms with Gasteiger partial charge in [0, 0.05) is 0 Å². The van der Waals surface area contributed by atoms with E-state index in [0.717, 1.165) is 13.0 Å². The maximum Gasteiger partial charge on any atom is 0.285 e. The Hall–Kier alpha value is -1.17. The normalized spacial score (nSPS) is 17.5. The molecule has 1 aliphatic heterocycles. The van der Waals surface area contributed by atoms with Gasteiger partial charge in [0.1, 0.15) is 6.61 Å². The molecule has 1 rings (SSSR count). The smallest absolute Gasteiger partial charge is 0.285 e.